The Morgan fingerprint density at radius 3 is 2.73 bits per heavy atom. The lowest BCUT2D eigenvalue weighted by Crippen LogP contribution is -2.27. The van der Waals surface area contributed by atoms with Gasteiger partial charge in [0, 0.05) is 6.54 Å². The number of oxazole rings is 1. The van der Waals surface area contributed by atoms with Gasteiger partial charge in [-0.3, -0.25) is 4.79 Å². The second-order valence-electron chi connectivity index (χ2n) is 5.06. The molecule has 3 rings (SSSR count). The van der Waals surface area contributed by atoms with Gasteiger partial charge in [-0.1, -0.05) is 18.2 Å². The standard InChI is InChI=1S/C17H15FN2O2/c18-14-4-1-12(2-5-14)7-8-19-17(21)10-13-3-6-15-16(9-13)22-11-20-15/h1-6,9,11H,7-8,10H2,(H,19,21). The summed E-state index contributed by atoms with van der Waals surface area (Å²) in [6.45, 7) is 0.523. The van der Waals surface area contributed by atoms with Crippen molar-refractivity contribution >= 4 is 17.0 Å². The quantitative estimate of drug-likeness (QED) is 0.788. The molecule has 0 saturated heterocycles. The van der Waals surface area contributed by atoms with Crippen molar-refractivity contribution in [3.05, 3.63) is 65.8 Å². The number of amides is 1. The number of rotatable bonds is 5. The predicted octanol–water partition coefficient (Wildman–Crippen LogP) is 2.87. The number of nitrogens with zero attached hydrogens (tertiary/aromatic N) is 1. The maximum absolute atomic E-state index is 12.8. The summed E-state index contributed by atoms with van der Waals surface area (Å²) in [5.74, 6) is -0.309. The fourth-order valence-electron chi connectivity index (χ4n) is 2.25. The summed E-state index contributed by atoms with van der Waals surface area (Å²) in [6.07, 6.45) is 2.35. The number of carbonyl (C=O) groups excluding carboxylic acids is 1. The van der Waals surface area contributed by atoms with Crippen LogP contribution in [0.4, 0.5) is 4.39 Å². The van der Waals surface area contributed by atoms with Gasteiger partial charge >= 0.3 is 0 Å². The van der Waals surface area contributed by atoms with E-state index in [0.29, 0.717) is 25.0 Å². The lowest BCUT2D eigenvalue weighted by atomic mass is 10.1. The highest BCUT2D eigenvalue weighted by molar-refractivity contribution is 5.80. The number of nitrogens with one attached hydrogen (secondary N) is 1. The summed E-state index contributed by atoms with van der Waals surface area (Å²) in [5, 5.41) is 2.86. The van der Waals surface area contributed by atoms with Gasteiger partial charge in [0.05, 0.1) is 6.42 Å². The highest BCUT2D eigenvalue weighted by atomic mass is 19.1. The second kappa shape index (κ2) is 6.39. The summed E-state index contributed by atoms with van der Waals surface area (Å²) in [7, 11) is 0. The van der Waals surface area contributed by atoms with Crippen LogP contribution in [0.5, 0.6) is 0 Å². The maximum atomic E-state index is 12.8. The molecule has 1 amide bonds. The number of aromatic nitrogens is 1. The van der Waals surface area contributed by atoms with Crippen LogP contribution in [-0.4, -0.2) is 17.4 Å². The van der Waals surface area contributed by atoms with E-state index in [1.807, 2.05) is 18.2 Å². The SMILES string of the molecule is O=C(Cc1ccc2ncoc2c1)NCCc1ccc(F)cc1. The van der Waals surface area contributed by atoms with Crippen LogP contribution in [0.1, 0.15) is 11.1 Å². The fourth-order valence-corrected chi connectivity index (χ4v) is 2.25. The molecule has 0 spiro atoms. The van der Waals surface area contributed by atoms with Gasteiger partial charge < -0.3 is 9.73 Å². The fraction of sp³-hybridized carbons (Fsp3) is 0.176. The zero-order valence-corrected chi connectivity index (χ0v) is 11.9. The maximum Gasteiger partial charge on any atom is 0.224 e. The third-order valence-corrected chi connectivity index (χ3v) is 3.41. The Bertz CT molecular complexity index is 781. The van der Waals surface area contributed by atoms with Gasteiger partial charge in [-0.15, -0.1) is 0 Å². The van der Waals surface area contributed by atoms with E-state index in [1.54, 1.807) is 12.1 Å². The Morgan fingerprint density at radius 2 is 1.91 bits per heavy atom. The van der Waals surface area contributed by atoms with Crippen molar-refractivity contribution in [2.45, 2.75) is 12.8 Å². The molecule has 0 aliphatic rings. The summed E-state index contributed by atoms with van der Waals surface area (Å²) in [6, 6.07) is 11.8. The highest BCUT2D eigenvalue weighted by Gasteiger charge is 2.06. The zero-order chi connectivity index (χ0) is 15.4. The average molecular weight is 298 g/mol. The molecule has 2 aromatic carbocycles. The van der Waals surface area contributed by atoms with Gasteiger partial charge in [-0.2, -0.15) is 0 Å². The predicted molar refractivity (Wildman–Crippen MR) is 80.8 cm³/mol. The first-order valence-electron chi connectivity index (χ1n) is 7.04. The molecule has 1 aromatic heterocycles. The third kappa shape index (κ3) is 3.49. The molecule has 1 heterocycles. The normalized spacial score (nSPS) is 10.8. The first-order chi connectivity index (χ1) is 10.7. The van der Waals surface area contributed by atoms with Gasteiger partial charge in [0.15, 0.2) is 12.0 Å². The molecular formula is C17H15FN2O2. The zero-order valence-electron chi connectivity index (χ0n) is 11.9. The van der Waals surface area contributed by atoms with E-state index in [-0.39, 0.29) is 11.7 Å². The molecule has 3 aromatic rings. The lowest BCUT2D eigenvalue weighted by Gasteiger charge is -2.05. The summed E-state index contributed by atoms with van der Waals surface area (Å²) in [5.41, 5.74) is 3.32. The van der Waals surface area contributed by atoms with Crippen LogP contribution in [0.15, 0.2) is 53.3 Å². The molecular weight excluding hydrogens is 283 g/mol. The Labute approximate surface area is 127 Å². The van der Waals surface area contributed by atoms with E-state index in [0.717, 1.165) is 16.6 Å². The molecule has 0 unspecified atom stereocenters. The Kier molecular flexibility index (Phi) is 4.14. The Balaban J connectivity index is 1.50. The molecule has 0 bridgehead atoms. The number of halogens is 1. The molecule has 0 saturated carbocycles. The highest BCUT2D eigenvalue weighted by Crippen LogP contribution is 2.14. The Hall–Kier alpha value is -2.69. The van der Waals surface area contributed by atoms with Crippen molar-refractivity contribution < 1.29 is 13.6 Å². The van der Waals surface area contributed by atoms with Crippen molar-refractivity contribution in [1.29, 1.82) is 0 Å². The van der Waals surface area contributed by atoms with Crippen LogP contribution in [-0.2, 0) is 17.6 Å². The van der Waals surface area contributed by atoms with Crippen molar-refractivity contribution in [2.75, 3.05) is 6.54 Å². The van der Waals surface area contributed by atoms with Crippen LogP contribution >= 0.6 is 0 Å². The minimum atomic E-state index is -0.254. The number of fused-ring (bicyclic) bond motifs is 1. The molecule has 0 radical (unpaired) electrons. The van der Waals surface area contributed by atoms with Crippen LogP contribution < -0.4 is 5.32 Å². The number of benzene rings is 2. The van der Waals surface area contributed by atoms with Crippen LogP contribution in [0.3, 0.4) is 0 Å². The van der Waals surface area contributed by atoms with Gasteiger partial charge in [-0.05, 0) is 41.8 Å². The van der Waals surface area contributed by atoms with Gasteiger partial charge in [-0.25, -0.2) is 9.37 Å². The number of hydrogen-bond acceptors (Lipinski definition) is 3. The Morgan fingerprint density at radius 1 is 1.14 bits per heavy atom. The molecule has 0 atom stereocenters. The van der Waals surface area contributed by atoms with E-state index < -0.39 is 0 Å². The van der Waals surface area contributed by atoms with E-state index in [2.05, 4.69) is 10.3 Å². The molecule has 0 aliphatic heterocycles. The average Bonchev–Trinajstić information content (AvgIpc) is 2.97. The van der Waals surface area contributed by atoms with Gasteiger partial charge in [0.1, 0.15) is 11.3 Å². The molecule has 0 aliphatic carbocycles. The third-order valence-electron chi connectivity index (χ3n) is 3.41. The lowest BCUT2D eigenvalue weighted by molar-refractivity contribution is -0.120. The van der Waals surface area contributed by atoms with Gasteiger partial charge in [0.25, 0.3) is 0 Å². The monoisotopic (exact) mass is 298 g/mol. The van der Waals surface area contributed by atoms with Crippen LogP contribution in [0, 0.1) is 5.82 Å². The van der Waals surface area contributed by atoms with E-state index in [1.165, 1.54) is 18.5 Å². The summed E-state index contributed by atoms with van der Waals surface area (Å²) < 4.78 is 18.0. The largest absolute Gasteiger partial charge is 0.443 e. The van der Waals surface area contributed by atoms with Crippen LogP contribution in [0.25, 0.3) is 11.1 Å². The van der Waals surface area contributed by atoms with E-state index in [9.17, 15) is 9.18 Å². The van der Waals surface area contributed by atoms with Crippen molar-refractivity contribution in [1.82, 2.24) is 10.3 Å². The molecule has 112 valence electrons. The van der Waals surface area contributed by atoms with Gasteiger partial charge in [0.2, 0.25) is 5.91 Å². The van der Waals surface area contributed by atoms with Crippen molar-refractivity contribution in [3.8, 4) is 0 Å². The number of carbonyl (C=O) groups is 1. The van der Waals surface area contributed by atoms with E-state index >= 15 is 0 Å². The summed E-state index contributed by atoms with van der Waals surface area (Å²) >= 11 is 0. The first kappa shape index (κ1) is 14.3. The van der Waals surface area contributed by atoms with Crippen molar-refractivity contribution in [2.24, 2.45) is 0 Å². The minimum Gasteiger partial charge on any atom is -0.443 e. The topological polar surface area (TPSA) is 55.1 Å². The molecule has 0 fully saturated rings. The first-order valence-corrected chi connectivity index (χ1v) is 7.04. The number of hydrogen-bond donors (Lipinski definition) is 1. The van der Waals surface area contributed by atoms with Crippen LogP contribution in [0.2, 0.25) is 0 Å². The molecule has 4 nitrogen and oxygen atoms in total. The summed E-state index contributed by atoms with van der Waals surface area (Å²) in [4.78, 5) is 15.9. The van der Waals surface area contributed by atoms with Crippen molar-refractivity contribution in [3.63, 3.8) is 0 Å². The molecule has 1 N–H and O–H groups in total. The molecule has 5 heteroatoms. The minimum absolute atomic E-state index is 0.0547. The smallest absolute Gasteiger partial charge is 0.224 e. The molecule has 22 heavy (non-hydrogen) atoms. The van der Waals surface area contributed by atoms with E-state index in [4.69, 9.17) is 4.42 Å². The second-order valence-corrected chi connectivity index (χ2v) is 5.06.